The van der Waals surface area contributed by atoms with Crippen LogP contribution in [-0.2, 0) is 6.54 Å². The van der Waals surface area contributed by atoms with Crippen molar-refractivity contribution in [3.8, 4) is 11.4 Å². The van der Waals surface area contributed by atoms with E-state index in [1.54, 1.807) is 10.9 Å². The molecule has 0 spiro atoms. The fraction of sp³-hybridized carbons (Fsp3) is 0.250. The van der Waals surface area contributed by atoms with Crippen LogP contribution in [0.15, 0.2) is 12.4 Å². The summed E-state index contributed by atoms with van der Waals surface area (Å²) in [7, 11) is 0. The highest BCUT2D eigenvalue weighted by molar-refractivity contribution is 6.31. The van der Waals surface area contributed by atoms with E-state index in [0.717, 1.165) is 12.1 Å². The molecule has 0 aliphatic rings. The van der Waals surface area contributed by atoms with Crippen molar-refractivity contribution in [3.63, 3.8) is 0 Å². The van der Waals surface area contributed by atoms with Gasteiger partial charge in [-0.2, -0.15) is 20.1 Å². The van der Waals surface area contributed by atoms with Gasteiger partial charge in [0.25, 0.3) is 0 Å². The Kier molecular flexibility index (Phi) is 2.83. The lowest BCUT2D eigenvalue weighted by Crippen LogP contribution is -1.94. The van der Waals surface area contributed by atoms with Crippen molar-refractivity contribution in [2.45, 2.75) is 13.5 Å². The summed E-state index contributed by atoms with van der Waals surface area (Å²) in [5.74, 6) is 0.430. The summed E-state index contributed by atoms with van der Waals surface area (Å²) in [5, 5.41) is 4.26. The fourth-order valence-electron chi connectivity index (χ4n) is 1.11. The molecule has 0 aliphatic carbocycles. The second kappa shape index (κ2) is 4.12. The molecule has 0 bridgehead atoms. The molecule has 0 amide bonds. The van der Waals surface area contributed by atoms with E-state index in [9.17, 15) is 0 Å². The van der Waals surface area contributed by atoms with E-state index >= 15 is 0 Å². The minimum atomic E-state index is 0.0780. The molecule has 0 aromatic carbocycles. The first-order valence-corrected chi connectivity index (χ1v) is 5.04. The van der Waals surface area contributed by atoms with E-state index in [-0.39, 0.29) is 10.6 Å². The van der Waals surface area contributed by atoms with Crippen LogP contribution in [0.3, 0.4) is 0 Å². The van der Waals surface area contributed by atoms with Crippen molar-refractivity contribution >= 4 is 23.2 Å². The van der Waals surface area contributed by atoms with Crippen LogP contribution >= 0.6 is 23.2 Å². The van der Waals surface area contributed by atoms with Gasteiger partial charge in [0.2, 0.25) is 10.6 Å². The number of nitrogens with zero attached hydrogens (tertiary/aromatic N) is 5. The number of rotatable bonds is 2. The van der Waals surface area contributed by atoms with Crippen LogP contribution in [0.5, 0.6) is 0 Å². The SMILES string of the molecule is CCn1cc(-c2nc(Cl)nc(Cl)n2)cn1. The molecule has 0 saturated carbocycles. The van der Waals surface area contributed by atoms with Gasteiger partial charge in [0.1, 0.15) is 0 Å². The minimum absolute atomic E-state index is 0.0780. The van der Waals surface area contributed by atoms with Crippen molar-refractivity contribution in [2.24, 2.45) is 0 Å². The van der Waals surface area contributed by atoms with E-state index in [0.29, 0.717) is 5.82 Å². The van der Waals surface area contributed by atoms with E-state index in [2.05, 4.69) is 20.1 Å². The summed E-state index contributed by atoms with van der Waals surface area (Å²) in [4.78, 5) is 11.6. The molecule has 2 aromatic heterocycles. The molecule has 0 fully saturated rings. The highest BCUT2D eigenvalue weighted by Crippen LogP contribution is 2.16. The maximum absolute atomic E-state index is 5.67. The Hall–Kier alpha value is -1.20. The van der Waals surface area contributed by atoms with Crippen LogP contribution in [0.25, 0.3) is 11.4 Å². The Morgan fingerprint density at radius 1 is 1.20 bits per heavy atom. The van der Waals surface area contributed by atoms with Crippen molar-refractivity contribution in [1.29, 1.82) is 0 Å². The summed E-state index contributed by atoms with van der Waals surface area (Å²) < 4.78 is 1.76. The molecule has 0 N–H and O–H groups in total. The third kappa shape index (κ3) is 2.24. The summed E-state index contributed by atoms with van der Waals surface area (Å²) in [5.41, 5.74) is 0.767. The second-order valence-corrected chi connectivity index (χ2v) is 3.46. The third-order valence-electron chi connectivity index (χ3n) is 1.80. The standard InChI is InChI=1S/C8H7Cl2N5/c1-2-15-4-5(3-11-15)6-12-7(9)14-8(10)13-6/h3-4H,2H2,1H3. The van der Waals surface area contributed by atoms with Gasteiger partial charge in [0, 0.05) is 12.7 Å². The van der Waals surface area contributed by atoms with Crippen molar-refractivity contribution in [3.05, 3.63) is 23.0 Å². The van der Waals surface area contributed by atoms with Gasteiger partial charge in [-0.25, -0.2) is 0 Å². The van der Waals surface area contributed by atoms with E-state index < -0.39 is 0 Å². The summed E-state index contributed by atoms with van der Waals surface area (Å²) in [6, 6.07) is 0. The van der Waals surface area contributed by atoms with Gasteiger partial charge in [0.15, 0.2) is 5.82 Å². The van der Waals surface area contributed by atoms with Crippen LogP contribution in [0.1, 0.15) is 6.92 Å². The molecule has 2 heterocycles. The largest absolute Gasteiger partial charge is 0.272 e. The topological polar surface area (TPSA) is 56.5 Å². The third-order valence-corrected chi connectivity index (χ3v) is 2.13. The second-order valence-electron chi connectivity index (χ2n) is 2.78. The first kappa shape index (κ1) is 10.3. The van der Waals surface area contributed by atoms with Crippen molar-refractivity contribution < 1.29 is 0 Å². The molecule has 2 rings (SSSR count). The zero-order chi connectivity index (χ0) is 10.8. The summed E-state index contributed by atoms with van der Waals surface area (Å²) in [6.07, 6.45) is 3.48. The van der Waals surface area contributed by atoms with Crippen LogP contribution in [0.2, 0.25) is 10.6 Å². The quantitative estimate of drug-likeness (QED) is 0.811. The van der Waals surface area contributed by atoms with Gasteiger partial charge in [-0.05, 0) is 30.1 Å². The van der Waals surface area contributed by atoms with Crippen LogP contribution in [0.4, 0.5) is 0 Å². The number of halogens is 2. The lowest BCUT2D eigenvalue weighted by atomic mass is 10.3. The van der Waals surface area contributed by atoms with Gasteiger partial charge in [-0.1, -0.05) is 0 Å². The molecule has 0 saturated heterocycles. The average Bonchev–Trinajstić information content (AvgIpc) is 2.64. The lowest BCUT2D eigenvalue weighted by Gasteiger charge is -1.96. The number of aryl methyl sites for hydroxylation is 1. The Morgan fingerprint density at radius 2 is 1.87 bits per heavy atom. The maximum atomic E-state index is 5.67. The molecule has 15 heavy (non-hydrogen) atoms. The highest BCUT2D eigenvalue weighted by Gasteiger charge is 2.07. The molecular weight excluding hydrogens is 237 g/mol. The van der Waals surface area contributed by atoms with Gasteiger partial charge in [0.05, 0.1) is 11.8 Å². The number of aromatic nitrogens is 5. The van der Waals surface area contributed by atoms with E-state index in [1.807, 2.05) is 13.1 Å². The fourth-order valence-corrected chi connectivity index (χ4v) is 1.47. The normalized spacial score (nSPS) is 10.6. The molecule has 0 atom stereocenters. The number of hydrogen-bond donors (Lipinski definition) is 0. The Bertz CT molecular complexity index is 461. The molecule has 0 aliphatic heterocycles. The predicted molar refractivity (Wildman–Crippen MR) is 56.7 cm³/mol. The minimum Gasteiger partial charge on any atom is -0.272 e. The van der Waals surface area contributed by atoms with Gasteiger partial charge < -0.3 is 0 Å². The van der Waals surface area contributed by atoms with Gasteiger partial charge in [-0.3, -0.25) is 4.68 Å². The Morgan fingerprint density at radius 3 is 2.40 bits per heavy atom. The lowest BCUT2D eigenvalue weighted by molar-refractivity contribution is 0.660. The molecule has 0 unspecified atom stereocenters. The molecule has 0 radical (unpaired) electrons. The van der Waals surface area contributed by atoms with Gasteiger partial charge >= 0.3 is 0 Å². The maximum Gasteiger partial charge on any atom is 0.227 e. The first-order valence-electron chi connectivity index (χ1n) is 4.29. The molecule has 7 heteroatoms. The van der Waals surface area contributed by atoms with Gasteiger partial charge in [-0.15, -0.1) is 0 Å². The monoisotopic (exact) mass is 243 g/mol. The van der Waals surface area contributed by atoms with Crippen molar-refractivity contribution in [1.82, 2.24) is 24.7 Å². The summed E-state index contributed by atoms with van der Waals surface area (Å²) in [6.45, 7) is 2.77. The van der Waals surface area contributed by atoms with Crippen LogP contribution < -0.4 is 0 Å². The first-order chi connectivity index (χ1) is 7.19. The van der Waals surface area contributed by atoms with Crippen LogP contribution in [-0.4, -0.2) is 24.7 Å². The number of hydrogen-bond acceptors (Lipinski definition) is 4. The molecule has 78 valence electrons. The highest BCUT2D eigenvalue weighted by atomic mass is 35.5. The Balaban J connectivity index is 2.44. The molecule has 5 nitrogen and oxygen atoms in total. The zero-order valence-corrected chi connectivity index (χ0v) is 9.37. The Labute approximate surface area is 96.1 Å². The van der Waals surface area contributed by atoms with Crippen molar-refractivity contribution in [2.75, 3.05) is 0 Å². The average molecular weight is 244 g/mol. The molecule has 2 aromatic rings. The molecular formula is C8H7Cl2N5. The smallest absolute Gasteiger partial charge is 0.227 e. The van der Waals surface area contributed by atoms with E-state index in [1.165, 1.54) is 0 Å². The predicted octanol–water partition coefficient (Wildman–Crippen LogP) is 2.06. The zero-order valence-electron chi connectivity index (χ0n) is 7.85. The summed E-state index contributed by atoms with van der Waals surface area (Å²) >= 11 is 11.3. The van der Waals surface area contributed by atoms with Crippen LogP contribution in [0, 0.1) is 0 Å². The van der Waals surface area contributed by atoms with E-state index in [4.69, 9.17) is 23.2 Å².